The minimum atomic E-state index is -0.366. The van der Waals surface area contributed by atoms with Gasteiger partial charge in [-0.05, 0) is 18.9 Å². The van der Waals surface area contributed by atoms with E-state index in [4.69, 9.17) is 5.73 Å². The zero-order chi connectivity index (χ0) is 16.4. The van der Waals surface area contributed by atoms with Crippen LogP contribution >= 0.6 is 0 Å². The van der Waals surface area contributed by atoms with Crippen molar-refractivity contribution in [3.8, 4) is 0 Å². The van der Waals surface area contributed by atoms with Crippen LogP contribution in [0.1, 0.15) is 18.5 Å². The van der Waals surface area contributed by atoms with Crippen molar-refractivity contribution >= 4 is 22.6 Å². The van der Waals surface area contributed by atoms with E-state index >= 15 is 0 Å². The van der Waals surface area contributed by atoms with Crippen LogP contribution in [0.2, 0.25) is 0 Å². The Bertz CT molecular complexity index is 814. The number of likely N-dealkylation sites (tertiary alicyclic amines) is 1. The molecule has 7 heteroatoms. The van der Waals surface area contributed by atoms with E-state index in [9.17, 15) is 14.4 Å². The topological polar surface area (TPSA) is 109 Å². The molecule has 1 aliphatic heterocycles. The van der Waals surface area contributed by atoms with Gasteiger partial charge in [-0.2, -0.15) is 5.10 Å². The second-order valence-electron chi connectivity index (χ2n) is 5.80. The maximum Gasteiger partial charge on any atom is 0.272 e. The number of carbonyl (C=O) groups is 2. The highest BCUT2D eigenvalue weighted by Crippen LogP contribution is 2.18. The van der Waals surface area contributed by atoms with Gasteiger partial charge in [0.15, 0.2) is 0 Å². The van der Waals surface area contributed by atoms with Crippen LogP contribution in [0.25, 0.3) is 10.8 Å². The third kappa shape index (κ3) is 3.08. The van der Waals surface area contributed by atoms with E-state index in [0.717, 1.165) is 12.8 Å². The first-order valence-electron chi connectivity index (χ1n) is 7.59. The summed E-state index contributed by atoms with van der Waals surface area (Å²) in [5.74, 6) is -0.760. The minimum Gasteiger partial charge on any atom is -0.369 e. The fourth-order valence-electron chi connectivity index (χ4n) is 3.00. The lowest BCUT2D eigenvalue weighted by molar-refractivity contribution is -0.134. The Morgan fingerprint density at radius 3 is 2.78 bits per heavy atom. The lowest BCUT2D eigenvalue weighted by Gasteiger charge is -2.31. The summed E-state index contributed by atoms with van der Waals surface area (Å²) in [6.07, 6.45) is 1.57. The highest BCUT2D eigenvalue weighted by molar-refractivity contribution is 5.88. The van der Waals surface area contributed by atoms with Gasteiger partial charge in [-0.1, -0.05) is 18.2 Å². The van der Waals surface area contributed by atoms with Gasteiger partial charge < -0.3 is 10.6 Å². The third-order valence-electron chi connectivity index (χ3n) is 4.27. The Morgan fingerprint density at radius 2 is 2.04 bits per heavy atom. The molecule has 120 valence electrons. The number of aromatic amines is 1. The highest BCUT2D eigenvalue weighted by Gasteiger charge is 2.27. The number of carbonyl (C=O) groups excluding carboxylic acids is 2. The lowest BCUT2D eigenvalue weighted by Crippen LogP contribution is -2.44. The molecule has 1 aromatic heterocycles. The maximum atomic E-state index is 12.5. The number of hydrogen-bond donors (Lipinski definition) is 2. The number of rotatable bonds is 3. The molecule has 0 aliphatic carbocycles. The molecule has 0 bridgehead atoms. The monoisotopic (exact) mass is 314 g/mol. The standard InChI is InChI=1S/C16H18N4O3/c17-15(22)10-4-3-7-20(9-10)14(21)8-13-11-5-1-2-6-12(11)16(23)19-18-13/h1-2,5-6,10H,3-4,7-9H2,(H2,17,22)(H,19,23). The number of nitrogens with zero attached hydrogens (tertiary/aromatic N) is 2. The average Bonchev–Trinajstić information content (AvgIpc) is 2.57. The first kappa shape index (κ1) is 15.2. The fourth-order valence-corrected chi connectivity index (χ4v) is 3.00. The molecule has 23 heavy (non-hydrogen) atoms. The number of benzene rings is 1. The van der Waals surface area contributed by atoms with Gasteiger partial charge in [0.1, 0.15) is 0 Å². The van der Waals surface area contributed by atoms with Gasteiger partial charge in [-0.15, -0.1) is 0 Å². The molecule has 1 fully saturated rings. The second kappa shape index (κ2) is 6.20. The molecule has 0 radical (unpaired) electrons. The van der Waals surface area contributed by atoms with Crippen molar-refractivity contribution in [2.75, 3.05) is 13.1 Å². The smallest absolute Gasteiger partial charge is 0.272 e. The van der Waals surface area contributed by atoms with Crippen LogP contribution in [0, 0.1) is 5.92 Å². The molecule has 1 atom stereocenters. The van der Waals surface area contributed by atoms with Gasteiger partial charge in [0.25, 0.3) is 5.56 Å². The van der Waals surface area contributed by atoms with E-state index < -0.39 is 0 Å². The number of aromatic nitrogens is 2. The molecule has 3 rings (SSSR count). The van der Waals surface area contributed by atoms with Gasteiger partial charge in [0.05, 0.1) is 23.4 Å². The van der Waals surface area contributed by atoms with Crippen LogP contribution < -0.4 is 11.3 Å². The van der Waals surface area contributed by atoms with E-state index in [2.05, 4.69) is 10.2 Å². The third-order valence-corrected chi connectivity index (χ3v) is 4.27. The van der Waals surface area contributed by atoms with Crippen molar-refractivity contribution in [1.29, 1.82) is 0 Å². The van der Waals surface area contributed by atoms with E-state index in [1.807, 2.05) is 0 Å². The first-order valence-corrected chi connectivity index (χ1v) is 7.59. The van der Waals surface area contributed by atoms with Gasteiger partial charge in [-0.25, -0.2) is 5.10 Å². The van der Waals surface area contributed by atoms with E-state index in [-0.39, 0.29) is 29.7 Å². The van der Waals surface area contributed by atoms with Crippen LogP contribution in [-0.2, 0) is 16.0 Å². The van der Waals surface area contributed by atoms with Gasteiger partial charge >= 0.3 is 0 Å². The van der Waals surface area contributed by atoms with Crippen molar-refractivity contribution in [3.63, 3.8) is 0 Å². The number of primary amides is 1. The first-order chi connectivity index (χ1) is 11.1. The number of piperidine rings is 1. The van der Waals surface area contributed by atoms with Crippen molar-refractivity contribution in [2.45, 2.75) is 19.3 Å². The molecule has 0 saturated carbocycles. The second-order valence-corrected chi connectivity index (χ2v) is 5.80. The zero-order valence-electron chi connectivity index (χ0n) is 12.6. The van der Waals surface area contributed by atoms with E-state index in [1.54, 1.807) is 29.2 Å². The molecular weight excluding hydrogens is 296 g/mol. The van der Waals surface area contributed by atoms with E-state index in [0.29, 0.717) is 29.6 Å². The number of fused-ring (bicyclic) bond motifs is 1. The largest absolute Gasteiger partial charge is 0.369 e. The van der Waals surface area contributed by atoms with Crippen molar-refractivity contribution in [2.24, 2.45) is 11.7 Å². The number of amides is 2. The quantitative estimate of drug-likeness (QED) is 0.842. The SMILES string of the molecule is NC(=O)C1CCCN(C(=O)Cc2n[nH]c(=O)c3ccccc23)C1. The summed E-state index contributed by atoms with van der Waals surface area (Å²) >= 11 is 0. The molecule has 7 nitrogen and oxygen atoms in total. The molecule has 1 saturated heterocycles. The molecule has 2 aromatic rings. The maximum absolute atomic E-state index is 12.5. The predicted molar refractivity (Wildman–Crippen MR) is 84.6 cm³/mol. The highest BCUT2D eigenvalue weighted by atomic mass is 16.2. The van der Waals surface area contributed by atoms with E-state index in [1.165, 1.54) is 0 Å². The number of nitrogens with one attached hydrogen (secondary N) is 1. The van der Waals surface area contributed by atoms with Crippen LogP contribution in [0.4, 0.5) is 0 Å². The Labute approximate surface area is 132 Å². The summed E-state index contributed by atoms with van der Waals surface area (Å²) < 4.78 is 0. The van der Waals surface area contributed by atoms with Gasteiger partial charge in [-0.3, -0.25) is 14.4 Å². The van der Waals surface area contributed by atoms with Crippen LogP contribution in [0.15, 0.2) is 29.1 Å². The van der Waals surface area contributed by atoms with Crippen LogP contribution in [-0.4, -0.2) is 40.0 Å². The molecule has 1 aromatic carbocycles. The Morgan fingerprint density at radius 1 is 1.30 bits per heavy atom. The number of nitrogens with two attached hydrogens (primary N) is 1. The van der Waals surface area contributed by atoms with Crippen LogP contribution in [0.3, 0.4) is 0 Å². The molecule has 3 N–H and O–H groups in total. The summed E-state index contributed by atoms with van der Waals surface area (Å²) in [4.78, 5) is 37.3. The van der Waals surface area contributed by atoms with Gasteiger partial charge in [0, 0.05) is 18.5 Å². The number of H-pyrrole nitrogens is 1. The molecular formula is C16H18N4O3. The summed E-state index contributed by atoms with van der Waals surface area (Å²) in [5, 5.41) is 7.63. The fraction of sp³-hybridized carbons (Fsp3) is 0.375. The average molecular weight is 314 g/mol. The van der Waals surface area contributed by atoms with Crippen molar-refractivity contribution in [3.05, 3.63) is 40.3 Å². The Hall–Kier alpha value is -2.70. The molecule has 1 unspecified atom stereocenters. The summed E-state index contributed by atoms with van der Waals surface area (Å²) in [7, 11) is 0. The molecule has 2 heterocycles. The summed E-state index contributed by atoms with van der Waals surface area (Å²) in [6, 6.07) is 7.06. The van der Waals surface area contributed by atoms with Crippen LogP contribution in [0.5, 0.6) is 0 Å². The van der Waals surface area contributed by atoms with Gasteiger partial charge in [0.2, 0.25) is 11.8 Å². The van der Waals surface area contributed by atoms with Crippen molar-refractivity contribution in [1.82, 2.24) is 15.1 Å². The van der Waals surface area contributed by atoms with Crippen molar-refractivity contribution < 1.29 is 9.59 Å². The number of hydrogen-bond acceptors (Lipinski definition) is 4. The minimum absolute atomic E-state index is 0.0861. The summed E-state index contributed by atoms with van der Waals surface area (Å²) in [5.41, 5.74) is 5.60. The Kier molecular flexibility index (Phi) is 4.10. The zero-order valence-corrected chi connectivity index (χ0v) is 12.6. The predicted octanol–water partition coefficient (Wildman–Crippen LogP) is 0.190. The molecule has 2 amide bonds. The summed E-state index contributed by atoms with van der Waals surface area (Å²) in [6.45, 7) is 0.972. The Balaban J connectivity index is 1.82. The lowest BCUT2D eigenvalue weighted by atomic mass is 9.97. The molecule has 0 spiro atoms. The molecule has 1 aliphatic rings. The normalized spacial score (nSPS) is 18.1.